The molecule has 0 spiro atoms. The molecular weight excluding hydrogens is 515 g/mol. The molecule has 0 bridgehead atoms. The smallest absolute Gasteiger partial charge is 0.348 e. The lowest BCUT2D eigenvalue weighted by molar-refractivity contribution is 0.0608. The van der Waals surface area contributed by atoms with E-state index >= 15 is 0 Å². The van der Waals surface area contributed by atoms with E-state index < -0.39 is 47.0 Å². The highest BCUT2D eigenvalue weighted by atomic mass is 32.1. The van der Waals surface area contributed by atoms with Crippen molar-refractivity contribution in [2.24, 2.45) is 0 Å². The standard InChI is InChI=1S/C24H20F3N3O6S/c1-28-7-8-35-18-6-5-15(26)20(27)13(18)10-36-12-3-4-14(25)17(9-12)30-22(31)19-16(29-24(30)33)11-37-21(19)23(32)34-2/h3-6,9,11,28H,7-8,10H2,1-2H3,(H,29,33). The lowest BCUT2D eigenvalue weighted by Crippen LogP contribution is -2.34. The number of carbonyl (C=O) groups is 1. The van der Waals surface area contributed by atoms with E-state index in [1.54, 1.807) is 7.05 Å². The van der Waals surface area contributed by atoms with E-state index in [4.69, 9.17) is 9.47 Å². The van der Waals surface area contributed by atoms with Crippen LogP contribution < -0.4 is 26.0 Å². The van der Waals surface area contributed by atoms with Crippen molar-refractivity contribution in [3.8, 4) is 17.2 Å². The number of halogens is 3. The molecule has 0 aliphatic heterocycles. The third-order valence-electron chi connectivity index (χ3n) is 5.33. The maximum atomic E-state index is 14.8. The van der Waals surface area contributed by atoms with Gasteiger partial charge in [0.2, 0.25) is 0 Å². The highest BCUT2D eigenvalue weighted by molar-refractivity contribution is 7.13. The van der Waals surface area contributed by atoms with Crippen LogP contribution >= 0.6 is 11.3 Å². The quantitative estimate of drug-likeness (QED) is 0.250. The summed E-state index contributed by atoms with van der Waals surface area (Å²) < 4.78 is 59.4. The Bertz CT molecular complexity index is 1600. The molecule has 0 unspecified atom stereocenters. The summed E-state index contributed by atoms with van der Waals surface area (Å²) in [5, 5.41) is 4.11. The number of nitrogens with one attached hydrogen (secondary N) is 2. The monoisotopic (exact) mass is 535 g/mol. The van der Waals surface area contributed by atoms with Crippen LogP contribution in [0.3, 0.4) is 0 Å². The SMILES string of the molecule is CNCCOc1ccc(F)c(F)c1COc1ccc(F)c(-n2c(=O)[nH]c3csc(C(=O)OC)c3c2=O)c1. The Morgan fingerprint density at radius 2 is 1.86 bits per heavy atom. The van der Waals surface area contributed by atoms with Crippen molar-refractivity contribution in [1.82, 2.24) is 14.9 Å². The molecule has 0 fully saturated rings. The van der Waals surface area contributed by atoms with Gasteiger partial charge in [0.15, 0.2) is 11.6 Å². The van der Waals surface area contributed by atoms with Crippen LogP contribution in [0.15, 0.2) is 45.3 Å². The highest BCUT2D eigenvalue weighted by Crippen LogP contribution is 2.27. The van der Waals surface area contributed by atoms with Crippen molar-refractivity contribution >= 4 is 28.2 Å². The number of ether oxygens (including phenoxy) is 3. The fourth-order valence-corrected chi connectivity index (χ4v) is 4.42. The summed E-state index contributed by atoms with van der Waals surface area (Å²) in [5.41, 5.74) is -2.50. The number of fused-ring (bicyclic) bond motifs is 1. The molecular formula is C24H20F3N3O6S. The van der Waals surface area contributed by atoms with E-state index in [1.807, 2.05) is 0 Å². The first-order valence-corrected chi connectivity index (χ1v) is 11.7. The average molecular weight is 536 g/mol. The van der Waals surface area contributed by atoms with Crippen molar-refractivity contribution in [2.75, 3.05) is 27.3 Å². The van der Waals surface area contributed by atoms with Crippen molar-refractivity contribution in [3.05, 3.63) is 84.4 Å². The van der Waals surface area contributed by atoms with E-state index in [9.17, 15) is 27.6 Å². The summed E-state index contributed by atoms with van der Waals surface area (Å²) in [6.07, 6.45) is 0. The molecule has 2 aromatic heterocycles. The van der Waals surface area contributed by atoms with E-state index in [0.29, 0.717) is 11.1 Å². The molecule has 0 aliphatic carbocycles. The van der Waals surface area contributed by atoms with Gasteiger partial charge in [-0.2, -0.15) is 0 Å². The molecule has 0 radical (unpaired) electrons. The first-order chi connectivity index (χ1) is 17.8. The maximum absolute atomic E-state index is 14.8. The van der Waals surface area contributed by atoms with Gasteiger partial charge < -0.3 is 24.5 Å². The van der Waals surface area contributed by atoms with Gasteiger partial charge in [0.25, 0.3) is 5.56 Å². The number of methoxy groups -OCH3 is 1. The molecule has 37 heavy (non-hydrogen) atoms. The Morgan fingerprint density at radius 3 is 2.59 bits per heavy atom. The van der Waals surface area contributed by atoms with Crippen LogP contribution in [-0.4, -0.2) is 42.8 Å². The number of rotatable bonds is 9. The fraction of sp³-hybridized carbons (Fsp3) is 0.208. The van der Waals surface area contributed by atoms with E-state index in [-0.39, 0.29) is 39.4 Å². The second kappa shape index (κ2) is 10.9. The number of aromatic amines is 1. The fourth-order valence-electron chi connectivity index (χ4n) is 3.52. The summed E-state index contributed by atoms with van der Waals surface area (Å²) >= 11 is 0.888. The third kappa shape index (κ3) is 5.08. The summed E-state index contributed by atoms with van der Waals surface area (Å²) in [7, 11) is 2.84. The Hall–Kier alpha value is -4.10. The predicted octanol–water partition coefficient (Wildman–Crippen LogP) is 3.12. The Kier molecular flexibility index (Phi) is 7.64. The van der Waals surface area contributed by atoms with Crippen LogP contribution in [0, 0.1) is 17.5 Å². The number of hydrogen-bond donors (Lipinski definition) is 2. The summed E-state index contributed by atoms with van der Waals surface area (Å²) in [6, 6.07) is 5.38. The van der Waals surface area contributed by atoms with Crippen LogP contribution in [-0.2, 0) is 11.3 Å². The van der Waals surface area contributed by atoms with Gasteiger partial charge in [0.1, 0.15) is 35.4 Å². The molecule has 4 aromatic rings. The van der Waals surface area contributed by atoms with Crippen LogP contribution in [0.4, 0.5) is 13.2 Å². The topological polar surface area (TPSA) is 112 Å². The molecule has 0 amide bonds. The average Bonchev–Trinajstić information content (AvgIpc) is 3.31. The number of aromatic nitrogens is 2. The lowest BCUT2D eigenvalue weighted by Gasteiger charge is -2.15. The number of carbonyl (C=O) groups excluding carboxylic acids is 1. The lowest BCUT2D eigenvalue weighted by atomic mass is 10.2. The zero-order valence-electron chi connectivity index (χ0n) is 19.5. The second-order valence-corrected chi connectivity index (χ2v) is 8.49. The van der Waals surface area contributed by atoms with E-state index in [0.717, 1.165) is 36.6 Å². The largest absolute Gasteiger partial charge is 0.492 e. The normalized spacial score (nSPS) is 11.1. The molecule has 0 atom stereocenters. The summed E-state index contributed by atoms with van der Waals surface area (Å²) in [5.74, 6) is -4.01. The number of esters is 1. The number of thiophene rings is 1. The molecule has 2 aromatic carbocycles. The molecule has 2 heterocycles. The summed E-state index contributed by atoms with van der Waals surface area (Å²) in [4.78, 5) is 40.3. The number of H-pyrrole nitrogens is 1. The minimum Gasteiger partial charge on any atom is -0.492 e. The van der Waals surface area contributed by atoms with E-state index in [2.05, 4.69) is 15.0 Å². The third-order valence-corrected chi connectivity index (χ3v) is 6.29. The first-order valence-electron chi connectivity index (χ1n) is 10.8. The van der Waals surface area contributed by atoms with Gasteiger partial charge in [-0.1, -0.05) is 0 Å². The first kappa shape index (κ1) is 26.0. The molecule has 0 saturated carbocycles. The molecule has 4 rings (SSSR count). The van der Waals surface area contributed by atoms with Crippen molar-refractivity contribution < 1.29 is 32.2 Å². The Balaban J connectivity index is 1.72. The van der Waals surface area contributed by atoms with Gasteiger partial charge >= 0.3 is 11.7 Å². The van der Waals surface area contributed by atoms with Crippen molar-refractivity contribution in [2.45, 2.75) is 6.61 Å². The van der Waals surface area contributed by atoms with Gasteiger partial charge in [0, 0.05) is 18.0 Å². The second-order valence-electron chi connectivity index (χ2n) is 7.61. The van der Waals surface area contributed by atoms with Gasteiger partial charge in [-0.05, 0) is 31.3 Å². The summed E-state index contributed by atoms with van der Waals surface area (Å²) in [6.45, 7) is 0.139. The number of benzene rings is 2. The van der Waals surface area contributed by atoms with Crippen molar-refractivity contribution in [3.63, 3.8) is 0 Å². The van der Waals surface area contributed by atoms with Crippen LogP contribution in [0.25, 0.3) is 16.6 Å². The van der Waals surface area contributed by atoms with Gasteiger partial charge in [0.05, 0.1) is 29.3 Å². The molecule has 0 saturated heterocycles. The molecule has 9 nitrogen and oxygen atoms in total. The van der Waals surface area contributed by atoms with Gasteiger partial charge in [-0.3, -0.25) is 4.79 Å². The van der Waals surface area contributed by atoms with Gasteiger partial charge in [-0.15, -0.1) is 11.3 Å². The van der Waals surface area contributed by atoms with Crippen LogP contribution in [0.1, 0.15) is 15.2 Å². The van der Waals surface area contributed by atoms with Crippen LogP contribution in [0.2, 0.25) is 0 Å². The maximum Gasteiger partial charge on any atom is 0.348 e. The van der Waals surface area contributed by atoms with E-state index in [1.165, 1.54) is 17.5 Å². The molecule has 0 aliphatic rings. The zero-order chi connectivity index (χ0) is 26.7. The zero-order valence-corrected chi connectivity index (χ0v) is 20.3. The number of likely N-dealkylation sites (N-methyl/N-ethyl adjacent to an activating group) is 1. The Labute approximate surface area is 211 Å². The number of nitrogens with zero attached hydrogens (tertiary/aromatic N) is 1. The minimum atomic E-state index is -1.17. The predicted molar refractivity (Wildman–Crippen MR) is 129 cm³/mol. The van der Waals surface area contributed by atoms with Crippen LogP contribution in [0.5, 0.6) is 11.5 Å². The van der Waals surface area contributed by atoms with Gasteiger partial charge in [-0.25, -0.2) is 27.3 Å². The minimum absolute atomic E-state index is 0.0499. The molecule has 194 valence electrons. The molecule has 2 N–H and O–H groups in total. The van der Waals surface area contributed by atoms with Crippen molar-refractivity contribution in [1.29, 1.82) is 0 Å². The highest BCUT2D eigenvalue weighted by Gasteiger charge is 2.22. The molecule has 13 heteroatoms. The Morgan fingerprint density at radius 1 is 1.11 bits per heavy atom. The number of hydrogen-bond acceptors (Lipinski definition) is 8.